The summed E-state index contributed by atoms with van der Waals surface area (Å²) in [6, 6.07) is 8.70. The molecule has 0 aliphatic heterocycles. The Balaban J connectivity index is 2.83. The number of benzene rings is 2. The van der Waals surface area contributed by atoms with Crippen LogP contribution in [0.5, 0.6) is 5.75 Å². The lowest BCUT2D eigenvalue weighted by molar-refractivity contribution is 0.0695. The topological polar surface area (TPSA) is 72.5 Å². The second kappa shape index (κ2) is 4.33. The summed E-state index contributed by atoms with van der Waals surface area (Å²) < 4.78 is 5.33. The first-order valence-electron chi connectivity index (χ1n) is 5.32. The van der Waals surface area contributed by atoms with Gasteiger partial charge in [-0.25, -0.2) is 4.79 Å². The van der Waals surface area contributed by atoms with E-state index in [1.165, 1.54) is 0 Å². The molecule has 0 aliphatic carbocycles. The molecular formula is C13H13NO3. The number of carboxylic acids is 1. The Bertz CT molecular complexity index is 578. The molecule has 4 nitrogen and oxygen atoms in total. The maximum absolute atomic E-state index is 11.3. The maximum atomic E-state index is 11.3. The maximum Gasteiger partial charge on any atom is 0.340 e. The number of hydrogen-bond acceptors (Lipinski definition) is 3. The number of carboxylic acid groups (broad SMARTS) is 1. The van der Waals surface area contributed by atoms with Crippen molar-refractivity contribution in [1.82, 2.24) is 0 Å². The Morgan fingerprint density at radius 3 is 2.59 bits per heavy atom. The molecule has 88 valence electrons. The summed E-state index contributed by atoms with van der Waals surface area (Å²) in [6.07, 6.45) is 0. The SMILES string of the molecule is CCOc1cc(N)c2ccccc2c1C(=O)O. The van der Waals surface area contributed by atoms with Gasteiger partial charge in [-0.1, -0.05) is 24.3 Å². The number of nitrogen functional groups attached to an aromatic ring is 1. The third-order valence-corrected chi connectivity index (χ3v) is 2.55. The molecule has 0 bridgehead atoms. The molecule has 17 heavy (non-hydrogen) atoms. The average Bonchev–Trinajstić information content (AvgIpc) is 2.29. The van der Waals surface area contributed by atoms with Crippen LogP contribution < -0.4 is 10.5 Å². The van der Waals surface area contributed by atoms with Gasteiger partial charge in [-0.3, -0.25) is 0 Å². The van der Waals surface area contributed by atoms with Gasteiger partial charge in [0.05, 0.1) is 6.61 Å². The Morgan fingerprint density at radius 2 is 2.00 bits per heavy atom. The quantitative estimate of drug-likeness (QED) is 0.796. The minimum absolute atomic E-state index is 0.164. The van der Waals surface area contributed by atoms with E-state index in [0.717, 1.165) is 5.39 Å². The lowest BCUT2D eigenvalue weighted by atomic mass is 10.0. The molecule has 0 spiro atoms. The predicted octanol–water partition coefficient (Wildman–Crippen LogP) is 2.52. The van der Waals surface area contributed by atoms with E-state index in [1.807, 2.05) is 6.07 Å². The van der Waals surface area contributed by atoms with Crippen LogP contribution in [0.2, 0.25) is 0 Å². The van der Waals surface area contributed by atoms with Gasteiger partial charge in [0.1, 0.15) is 11.3 Å². The first-order valence-corrected chi connectivity index (χ1v) is 5.32. The molecule has 0 saturated carbocycles. The average molecular weight is 231 g/mol. The highest BCUT2D eigenvalue weighted by Gasteiger charge is 2.17. The van der Waals surface area contributed by atoms with Crippen LogP contribution in [0.1, 0.15) is 17.3 Å². The first-order chi connectivity index (χ1) is 8.15. The predicted molar refractivity (Wildman–Crippen MR) is 66.5 cm³/mol. The summed E-state index contributed by atoms with van der Waals surface area (Å²) in [5.74, 6) is -0.694. The van der Waals surface area contributed by atoms with E-state index < -0.39 is 5.97 Å². The second-order valence-corrected chi connectivity index (χ2v) is 3.62. The molecule has 2 aromatic rings. The molecule has 2 aromatic carbocycles. The normalized spacial score (nSPS) is 10.4. The Morgan fingerprint density at radius 1 is 1.35 bits per heavy atom. The van der Waals surface area contributed by atoms with E-state index in [9.17, 15) is 9.90 Å². The molecule has 0 fully saturated rings. The summed E-state index contributed by atoms with van der Waals surface area (Å²) in [5.41, 5.74) is 6.57. The fraction of sp³-hybridized carbons (Fsp3) is 0.154. The zero-order valence-electron chi connectivity index (χ0n) is 9.43. The van der Waals surface area contributed by atoms with Crippen molar-refractivity contribution in [2.45, 2.75) is 6.92 Å². The highest BCUT2D eigenvalue weighted by Crippen LogP contribution is 2.32. The number of anilines is 1. The fourth-order valence-corrected chi connectivity index (χ4v) is 1.87. The van der Waals surface area contributed by atoms with Gasteiger partial charge in [0.2, 0.25) is 0 Å². The van der Waals surface area contributed by atoms with E-state index in [2.05, 4.69) is 0 Å². The number of nitrogens with two attached hydrogens (primary N) is 1. The molecule has 0 aliphatic rings. The molecule has 0 saturated heterocycles. The summed E-state index contributed by atoms with van der Waals surface area (Å²) in [4.78, 5) is 11.3. The Kier molecular flexibility index (Phi) is 2.87. The van der Waals surface area contributed by atoms with E-state index in [4.69, 9.17) is 10.5 Å². The number of aromatic carboxylic acids is 1. The molecule has 2 rings (SSSR count). The van der Waals surface area contributed by atoms with Crippen molar-refractivity contribution in [3.05, 3.63) is 35.9 Å². The summed E-state index contributed by atoms with van der Waals surface area (Å²) in [6.45, 7) is 2.20. The molecule has 0 atom stereocenters. The highest BCUT2D eigenvalue weighted by atomic mass is 16.5. The van der Waals surface area contributed by atoms with Crippen LogP contribution in [0.3, 0.4) is 0 Å². The van der Waals surface area contributed by atoms with Crippen LogP contribution in [-0.2, 0) is 0 Å². The second-order valence-electron chi connectivity index (χ2n) is 3.62. The van der Waals surface area contributed by atoms with E-state index in [1.54, 1.807) is 31.2 Å². The Labute approximate surface area is 98.6 Å². The van der Waals surface area contributed by atoms with E-state index in [0.29, 0.717) is 23.4 Å². The van der Waals surface area contributed by atoms with Gasteiger partial charge in [0.25, 0.3) is 0 Å². The molecule has 0 amide bonds. The van der Waals surface area contributed by atoms with Gasteiger partial charge in [-0.15, -0.1) is 0 Å². The molecule has 3 N–H and O–H groups in total. The number of hydrogen-bond donors (Lipinski definition) is 2. The lowest BCUT2D eigenvalue weighted by Crippen LogP contribution is -2.05. The standard InChI is InChI=1S/C13H13NO3/c1-2-17-11-7-10(14)8-5-3-4-6-9(8)12(11)13(15)16/h3-7H,2,14H2,1H3,(H,15,16). The van der Waals surface area contributed by atoms with Crippen molar-refractivity contribution in [1.29, 1.82) is 0 Å². The van der Waals surface area contributed by atoms with Crippen molar-refractivity contribution < 1.29 is 14.6 Å². The number of ether oxygens (including phenoxy) is 1. The van der Waals surface area contributed by atoms with Gasteiger partial charge in [0, 0.05) is 22.5 Å². The van der Waals surface area contributed by atoms with Gasteiger partial charge in [-0.05, 0) is 6.92 Å². The summed E-state index contributed by atoms with van der Waals surface area (Å²) >= 11 is 0. The van der Waals surface area contributed by atoms with Crippen molar-refractivity contribution in [3.63, 3.8) is 0 Å². The van der Waals surface area contributed by atoms with E-state index >= 15 is 0 Å². The smallest absolute Gasteiger partial charge is 0.340 e. The first kappa shape index (κ1) is 11.3. The van der Waals surface area contributed by atoms with Gasteiger partial charge >= 0.3 is 5.97 Å². The van der Waals surface area contributed by atoms with E-state index in [-0.39, 0.29) is 5.56 Å². The van der Waals surface area contributed by atoms with Crippen LogP contribution in [-0.4, -0.2) is 17.7 Å². The van der Waals surface area contributed by atoms with Gasteiger partial charge < -0.3 is 15.6 Å². The van der Waals surface area contributed by atoms with Crippen LogP contribution in [0.4, 0.5) is 5.69 Å². The summed E-state index contributed by atoms with van der Waals surface area (Å²) in [7, 11) is 0. The molecular weight excluding hydrogens is 218 g/mol. The van der Waals surface area contributed by atoms with Crippen LogP contribution in [0.15, 0.2) is 30.3 Å². The summed E-state index contributed by atoms with van der Waals surface area (Å²) in [5, 5.41) is 10.6. The third-order valence-electron chi connectivity index (χ3n) is 2.55. The third kappa shape index (κ3) is 1.89. The lowest BCUT2D eigenvalue weighted by Gasteiger charge is -2.12. The molecule has 0 radical (unpaired) electrons. The van der Waals surface area contributed by atoms with Crippen LogP contribution in [0, 0.1) is 0 Å². The minimum atomic E-state index is -1.01. The zero-order chi connectivity index (χ0) is 12.4. The molecule has 0 unspecified atom stereocenters. The molecule has 0 aromatic heterocycles. The van der Waals surface area contributed by atoms with Crippen molar-refractivity contribution in [2.75, 3.05) is 12.3 Å². The van der Waals surface area contributed by atoms with Crippen molar-refractivity contribution >= 4 is 22.4 Å². The zero-order valence-corrected chi connectivity index (χ0v) is 9.43. The minimum Gasteiger partial charge on any atom is -0.493 e. The number of fused-ring (bicyclic) bond motifs is 1. The Hall–Kier alpha value is -2.23. The van der Waals surface area contributed by atoms with Crippen LogP contribution >= 0.6 is 0 Å². The van der Waals surface area contributed by atoms with Crippen molar-refractivity contribution in [3.8, 4) is 5.75 Å². The largest absolute Gasteiger partial charge is 0.493 e. The molecule has 0 heterocycles. The van der Waals surface area contributed by atoms with Crippen LogP contribution in [0.25, 0.3) is 10.8 Å². The number of rotatable bonds is 3. The molecule has 4 heteroatoms. The highest BCUT2D eigenvalue weighted by molar-refractivity contribution is 6.09. The number of carbonyl (C=O) groups is 1. The van der Waals surface area contributed by atoms with Gasteiger partial charge in [0.15, 0.2) is 0 Å². The monoisotopic (exact) mass is 231 g/mol. The van der Waals surface area contributed by atoms with Crippen molar-refractivity contribution in [2.24, 2.45) is 0 Å². The van der Waals surface area contributed by atoms with Gasteiger partial charge in [-0.2, -0.15) is 0 Å². The fourth-order valence-electron chi connectivity index (χ4n) is 1.87.